The number of rotatable bonds is 3. The van der Waals surface area contributed by atoms with Crippen LogP contribution in [0.2, 0.25) is 0 Å². The number of nitrogens with zero attached hydrogens (tertiary/aromatic N) is 2. The number of benzene rings is 1. The maximum absolute atomic E-state index is 13.3. The molecule has 1 aromatic heterocycles. The smallest absolute Gasteiger partial charge is 0.309 e. The van der Waals surface area contributed by atoms with Crippen LogP contribution in [-0.4, -0.2) is 20.9 Å². The van der Waals surface area contributed by atoms with Gasteiger partial charge in [0.25, 0.3) is 0 Å². The second-order valence-corrected chi connectivity index (χ2v) is 5.06. The van der Waals surface area contributed by atoms with E-state index in [2.05, 4.69) is 21.0 Å². The van der Waals surface area contributed by atoms with Crippen molar-refractivity contribution in [1.29, 1.82) is 0 Å². The predicted molar refractivity (Wildman–Crippen MR) is 72.4 cm³/mol. The Labute approximate surface area is 118 Å². The second-order valence-electron chi connectivity index (χ2n) is 4.27. The Bertz CT molecular complexity index is 652. The summed E-state index contributed by atoms with van der Waals surface area (Å²) in [5, 5.41) is 13.0. The largest absolute Gasteiger partial charge is 0.481 e. The molecule has 0 atom stereocenters. The molecule has 0 aliphatic carbocycles. The fourth-order valence-electron chi connectivity index (χ4n) is 1.92. The monoisotopic (exact) mass is 326 g/mol. The molecule has 0 amide bonds. The summed E-state index contributed by atoms with van der Waals surface area (Å²) in [5.41, 5.74) is 2.51. The van der Waals surface area contributed by atoms with Crippen LogP contribution in [0.4, 0.5) is 4.39 Å². The Morgan fingerprint density at radius 1 is 1.53 bits per heavy atom. The number of halogens is 2. The number of carbonyl (C=O) groups is 1. The van der Waals surface area contributed by atoms with Crippen molar-refractivity contribution in [3.8, 4) is 11.3 Å². The lowest BCUT2D eigenvalue weighted by atomic mass is 10.1. The van der Waals surface area contributed by atoms with Gasteiger partial charge in [-0.1, -0.05) is 0 Å². The van der Waals surface area contributed by atoms with Crippen LogP contribution >= 0.6 is 15.9 Å². The number of carboxylic acids is 1. The van der Waals surface area contributed by atoms with E-state index in [-0.39, 0.29) is 12.2 Å². The van der Waals surface area contributed by atoms with Gasteiger partial charge in [-0.25, -0.2) is 4.39 Å². The molecule has 19 heavy (non-hydrogen) atoms. The minimum absolute atomic E-state index is 0.158. The molecule has 6 heteroatoms. The van der Waals surface area contributed by atoms with Gasteiger partial charge in [-0.05, 0) is 46.6 Å². The average molecular weight is 327 g/mol. The van der Waals surface area contributed by atoms with E-state index in [9.17, 15) is 9.18 Å². The molecule has 0 unspecified atom stereocenters. The van der Waals surface area contributed by atoms with Crippen LogP contribution in [0, 0.1) is 12.7 Å². The second kappa shape index (κ2) is 5.13. The minimum atomic E-state index is -0.944. The highest BCUT2D eigenvalue weighted by Crippen LogP contribution is 2.31. The number of hydrogen-bond donors (Lipinski definition) is 1. The molecule has 0 aliphatic heterocycles. The first-order chi connectivity index (χ1) is 8.90. The molecule has 0 saturated carbocycles. The van der Waals surface area contributed by atoms with Crippen LogP contribution in [0.5, 0.6) is 0 Å². The summed E-state index contributed by atoms with van der Waals surface area (Å²) in [6.07, 6.45) is -0.158. The first-order valence-corrected chi connectivity index (χ1v) is 6.39. The topological polar surface area (TPSA) is 55.1 Å². The highest BCUT2D eigenvalue weighted by Gasteiger charge is 2.18. The van der Waals surface area contributed by atoms with Gasteiger partial charge < -0.3 is 5.11 Å². The van der Waals surface area contributed by atoms with Gasteiger partial charge in [0, 0.05) is 12.6 Å². The third-order valence-electron chi connectivity index (χ3n) is 2.81. The quantitative estimate of drug-likeness (QED) is 0.943. The van der Waals surface area contributed by atoms with Gasteiger partial charge in [0.05, 0.1) is 22.3 Å². The first-order valence-electron chi connectivity index (χ1n) is 5.60. The third-order valence-corrected chi connectivity index (χ3v) is 3.64. The SMILES string of the molecule is Cc1cc(-c2c(Br)c(CC(=O)O)nn2C)ccc1F. The minimum Gasteiger partial charge on any atom is -0.481 e. The van der Waals surface area contributed by atoms with Gasteiger partial charge in [0.15, 0.2) is 0 Å². The zero-order chi connectivity index (χ0) is 14.2. The molecule has 1 heterocycles. The average Bonchev–Trinajstić information content (AvgIpc) is 2.58. The summed E-state index contributed by atoms with van der Waals surface area (Å²) in [7, 11) is 1.73. The standard InChI is InChI=1S/C13H12BrFN2O2/c1-7-5-8(3-4-9(7)15)13-12(14)10(6-11(18)19)16-17(13)2/h3-5H,6H2,1-2H3,(H,18,19). The molecule has 2 rings (SSSR count). The van der Waals surface area contributed by atoms with E-state index < -0.39 is 5.97 Å². The molecule has 0 aliphatic rings. The molecule has 0 saturated heterocycles. The normalized spacial score (nSPS) is 10.7. The molecule has 100 valence electrons. The molecule has 0 fully saturated rings. The third kappa shape index (κ3) is 2.68. The van der Waals surface area contributed by atoms with Crippen molar-refractivity contribution in [3.63, 3.8) is 0 Å². The Morgan fingerprint density at radius 2 is 2.21 bits per heavy atom. The van der Waals surface area contributed by atoms with E-state index in [1.54, 1.807) is 30.8 Å². The van der Waals surface area contributed by atoms with Gasteiger partial charge in [0.2, 0.25) is 0 Å². The van der Waals surface area contributed by atoms with Gasteiger partial charge in [0.1, 0.15) is 5.82 Å². The van der Waals surface area contributed by atoms with Crippen molar-refractivity contribution in [2.45, 2.75) is 13.3 Å². The van der Waals surface area contributed by atoms with Gasteiger partial charge >= 0.3 is 5.97 Å². The first kappa shape index (κ1) is 13.7. The van der Waals surface area contributed by atoms with Gasteiger partial charge in [-0.2, -0.15) is 5.10 Å². The van der Waals surface area contributed by atoms with Gasteiger partial charge in [-0.3, -0.25) is 9.48 Å². The van der Waals surface area contributed by atoms with E-state index >= 15 is 0 Å². The van der Waals surface area contributed by atoms with Gasteiger partial charge in [-0.15, -0.1) is 0 Å². The van der Waals surface area contributed by atoms with Crippen LogP contribution in [0.1, 0.15) is 11.3 Å². The highest BCUT2D eigenvalue weighted by atomic mass is 79.9. The molecule has 0 bridgehead atoms. The molecule has 0 radical (unpaired) electrons. The number of aryl methyl sites for hydroxylation is 2. The number of aliphatic carboxylic acids is 1. The number of hydrogen-bond acceptors (Lipinski definition) is 2. The van der Waals surface area contributed by atoms with E-state index in [4.69, 9.17) is 5.11 Å². The molecule has 2 aromatic rings. The van der Waals surface area contributed by atoms with Crippen molar-refractivity contribution in [1.82, 2.24) is 9.78 Å². The van der Waals surface area contributed by atoms with Crippen LogP contribution in [0.15, 0.2) is 22.7 Å². The summed E-state index contributed by atoms with van der Waals surface area (Å²) in [6, 6.07) is 4.75. The Morgan fingerprint density at radius 3 is 2.79 bits per heavy atom. The Hall–Kier alpha value is -1.69. The van der Waals surface area contributed by atoms with Crippen molar-refractivity contribution in [3.05, 3.63) is 39.7 Å². The van der Waals surface area contributed by atoms with Crippen molar-refractivity contribution in [2.24, 2.45) is 7.05 Å². The van der Waals surface area contributed by atoms with E-state index in [1.165, 1.54) is 6.07 Å². The van der Waals surface area contributed by atoms with E-state index in [0.717, 1.165) is 11.3 Å². The summed E-state index contributed by atoms with van der Waals surface area (Å²) >= 11 is 3.37. The maximum atomic E-state index is 13.3. The molecule has 0 spiro atoms. The molecular formula is C13H12BrFN2O2. The molecular weight excluding hydrogens is 315 g/mol. The summed E-state index contributed by atoms with van der Waals surface area (Å²) in [4.78, 5) is 10.8. The lowest BCUT2D eigenvalue weighted by molar-refractivity contribution is -0.136. The van der Waals surface area contributed by atoms with Crippen LogP contribution in [0.25, 0.3) is 11.3 Å². The van der Waals surface area contributed by atoms with Crippen LogP contribution in [-0.2, 0) is 18.3 Å². The zero-order valence-corrected chi connectivity index (χ0v) is 12.0. The molecule has 1 aromatic carbocycles. The zero-order valence-electron chi connectivity index (χ0n) is 10.4. The van der Waals surface area contributed by atoms with Crippen molar-refractivity contribution in [2.75, 3.05) is 0 Å². The number of aromatic nitrogens is 2. The fourth-order valence-corrected chi connectivity index (χ4v) is 2.62. The Balaban J connectivity index is 2.52. The molecule has 1 N–H and O–H groups in total. The Kier molecular flexibility index (Phi) is 3.71. The lowest BCUT2D eigenvalue weighted by Gasteiger charge is -2.05. The highest BCUT2D eigenvalue weighted by molar-refractivity contribution is 9.10. The molecule has 4 nitrogen and oxygen atoms in total. The van der Waals surface area contributed by atoms with Crippen molar-refractivity contribution < 1.29 is 14.3 Å². The summed E-state index contributed by atoms with van der Waals surface area (Å²) < 4.78 is 15.5. The predicted octanol–water partition coefficient (Wildman–Crippen LogP) is 2.92. The summed E-state index contributed by atoms with van der Waals surface area (Å²) in [5.74, 6) is -1.21. The van der Waals surface area contributed by atoms with Crippen LogP contribution < -0.4 is 0 Å². The lowest BCUT2D eigenvalue weighted by Crippen LogP contribution is -2.02. The van der Waals surface area contributed by atoms with E-state index in [0.29, 0.717) is 15.7 Å². The van der Waals surface area contributed by atoms with Crippen LogP contribution in [0.3, 0.4) is 0 Å². The maximum Gasteiger partial charge on any atom is 0.309 e. The van der Waals surface area contributed by atoms with Crippen molar-refractivity contribution >= 4 is 21.9 Å². The fraction of sp³-hybridized carbons (Fsp3) is 0.231. The summed E-state index contributed by atoms with van der Waals surface area (Å²) in [6.45, 7) is 1.68. The number of carboxylic acid groups (broad SMARTS) is 1. The van der Waals surface area contributed by atoms with E-state index in [1.807, 2.05) is 0 Å².